The first-order valence-electron chi connectivity index (χ1n) is 6.06. The van der Waals surface area contributed by atoms with Crippen LogP contribution in [0.4, 0.5) is 0 Å². The van der Waals surface area contributed by atoms with Crippen LogP contribution in [0, 0.1) is 6.92 Å². The molecule has 1 heterocycles. The number of methoxy groups -OCH3 is 1. The standard InChI is InChI=1S/C14H15N3O3/c1-9-4-3-5-10(8-9)12(14(19)20-2)16-13(18)11-6-7-15-17-11/h3-8,12H,1-2H3,(H,15,17)(H,16,18)/t12-/m0/s1. The zero-order valence-corrected chi connectivity index (χ0v) is 11.2. The van der Waals surface area contributed by atoms with E-state index in [-0.39, 0.29) is 5.69 Å². The number of H-pyrrole nitrogens is 1. The molecule has 1 amide bonds. The Balaban J connectivity index is 2.25. The van der Waals surface area contributed by atoms with E-state index in [2.05, 4.69) is 15.5 Å². The number of carbonyl (C=O) groups excluding carboxylic acids is 2. The second-order valence-corrected chi connectivity index (χ2v) is 4.31. The summed E-state index contributed by atoms with van der Waals surface area (Å²) in [5.74, 6) is -0.942. The van der Waals surface area contributed by atoms with Gasteiger partial charge in [-0.2, -0.15) is 5.10 Å². The fourth-order valence-electron chi connectivity index (χ4n) is 1.84. The predicted molar refractivity (Wildman–Crippen MR) is 72.0 cm³/mol. The van der Waals surface area contributed by atoms with Crippen LogP contribution in [0.15, 0.2) is 36.5 Å². The largest absolute Gasteiger partial charge is 0.467 e. The maximum Gasteiger partial charge on any atom is 0.333 e. The van der Waals surface area contributed by atoms with E-state index in [1.165, 1.54) is 19.4 Å². The summed E-state index contributed by atoms with van der Waals surface area (Å²) in [6.45, 7) is 1.91. The number of amides is 1. The first kappa shape index (κ1) is 13.8. The van der Waals surface area contributed by atoms with Crippen LogP contribution in [-0.4, -0.2) is 29.2 Å². The molecule has 104 valence electrons. The molecule has 0 aliphatic rings. The van der Waals surface area contributed by atoms with Gasteiger partial charge in [0.05, 0.1) is 7.11 Å². The predicted octanol–water partition coefficient (Wildman–Crippen LogP) is 1.36. The van der Waals surface area contributed by atoms with Crippen molar-refractivity contribution >= 4 is 11.9 Å². The topological polar surface area (TPSA) is 84.1 Å². The molecule has 6 nitrogen and oxygen atoms in total. The highest BCUT2D eigenvalue weighted by molar-refractivity contribution is 5.95. The second-order valence-electron chi connectivity index (χ2n) is 4.31. The number of rotatable bonds is 4. The lowest BCUT2D eigenvalue weighted by molar-refractivity contribution is -0.143. The van der Waals surface area contributed by atoms with E-state index in [1.54, 1.807) is 6.07 Å². The minimum Gasteiger partial charge on any atom is -0.467 e. The van der Waals surface area contributed by atoms with Crippen LogP contribution >= 0.6 is 0 Å². The van der Waals surface area contributed by atoms with Crippen LogP contribution in [0.1, 0.15) is 27.7 Å². The Kier molecular flexibility index (Phi) is 4.14. The lowest BCUT2D eigenvalue weighted by atomic mass is 10.0. The maximum atomic E-state index is 12.0. The number of hydrogen-bond donors (Lipinski definition) is 2. The van der Waals surface area contributed by atoms with E-state index >= 15 is 0 Å². The van der Waals surface area contributed by atoms with Gasteiger partial charge in [0, 0.05) is 6.20 Å². The highest BCUT2D eigenvalue weighted by atomic mass is 16.5. The van der Waals surface area contributed by atoms with Gasteiger partial charge in [0.2, 0.25) is 0 Å². The molecule has 0 aliphatic heterocycles. The zero-order chi connectivity index (χ0) is 14.5. The number of hydrogen-bond acceptors (Lipinski definition) is 4. The molecule has 0 saturated carbocycles. The van der Waals surface area contributed by atoms with Gasteiger partial charge in [-0.1, -0.05) is 29.8 Å². The van der Waals surface area contributed by atoms with E-state index in [0.717, 1.165) is 5.56 Å². The SMILES string of the molecule is COC(=O)[C@@H](NC(=O)c1ccn[nH]1)c1cccc(C)c1. The zero-order valence-electron chi connectivity index (χ0n) is 11.2. The summed E-state index contributed by atoms with van der Waals surface area (Å²) in [6, 6.07) is 8.00. The molecule has 0 fully saturated rings. The number of aryl methyl sites for hydroxylation is 1. The van der Waals surface area contributed by atoms with Crippen molar-refractivity contribution in [2.45, 2.75) is 13.0 Å². The summed E-state index contributed by atoms with van der Waals surface area (Å²) in [6.07, 6.45) is 1.47. The van der Waals surface area contributed by atoms with Crippen molar-refractivity contribution in [2.75, 3.05) is 7.11 Å². The van der Waals surface area contributed by atoms with Gasteiger partial charge in [0.1, 0.15) is 5.69 Å². The van der Waals surface area contributed by atoms with E-state index < -0.39 is 17.9 Å². The smallest absolute Gasteiger partial charge is 0.333 e. The quantitative estimate of drug-likeness (QED) is 0.824. The van der Waals surface area contributed by atoms with Crippen molar-refractivity contribution in [3.8, 4) is 0 Å². The molecule has 0 spiro atoms. The third-order valence-electron chi connectivity index (χ3n) is 2.83. The minimum atomic E-state index is -0.851. The molecular formula is C14H15N3O3. The van der Waals surface area contributed by atoms with Crippen LogP contribution in [0.3, 0.4) is 0 Å². The second kappa shape index (κ2) is 6.01. The van der Waals surface area contributed by atoms with Crippen molar-refractivity contribution in [1.82, 2.24) is 15.5 Å². The molecule has 1 atom stereocenters. The summed E-state index contributed by atoms with van der Waals surface area (Å²) in [5, 5.41) is 8.88. The van der Waals surface area contributed by atoms with Crippen LogP contribution in [0.5, 0.6) is 0 Å². The monoisotopic (exact) mass is 273 g/mol. The van der Waals surface area contributed by atoms with Gasteiger partial charge >= 0.3 is 5.97 Å². The molecule has 0 aliphatic carbocycles. The summed E-state index contributed by atoms with van der Waals surface area (Å²) in [7, 11) is 1.29. The number of ether oxygens (including phenoxy) is 1. The molecule has 2 aromatic rings. The fourth-order valence-corrected chi connectivity index (χ4v) is 1.84. The number of aromatic nitrogens is 2. The lowest BCUT2D eigenvalue weighted by Crippen LogP contribution is -2.34. The van der Waals surface area contributed by atoms with Crippen molar-refractivity contribution in [3.63, 3.8) is 0 Å². The van der Waals surface area contributed by atoms with E-state index in [1.807, 2.05) is 25.1 Å². The van der Waals surface area contributed by atoms with Gasteiger partial charge in [0.15, 0.2) is 6.04 Å². The third kappa shape index (κ3) is 3.03. The van der Waals surface area contributed by atoms with Crippen LogP contribution < -0.4 is 5.32 Å². The lowest BCUT2D eigenvalue weighted by Gasteiger charge is -2.16. The maximum absolute atomic E-state index is 12.0. The van der Waals surface area contributed by atoms with Crippen molar-refractivity contribution in [2.24, 2.45) is 0 Å². The Morgan fingerprint density at radius 1 is 1.35 bits per heavy atom. The van der Waals surface area contributed by atoms with Gasteiger partial charge in [-0.15, -0.1) is 0 Å². The summed E-state index contributed by atoms with van der Waals surface area (Å²) >= 11 is 0. The number of nitrogens with zero attached hydrogens (tertiary/aromatic N) is 1. The molecule has 0 unspecified atom stereocenters. The number of esters is 1. The highest BCUT2D eigenvalue weighted by Gasteiger charge is 2.24. The molecule has 6 heteroatoms. The van der Waals surface area contributed by atoms with Crippen LogP contribution in [0.2, 0.25) is 0 Å². The van der Waals surface area contributed by atoms with Gasteiger partial charge in [0.25, 0.3) is 5.91 Å². The average Bonchev–Trinajstić information content (AvgIpc) is 2.98. The number of aromatic amines is 1. The number of benzene rings is 1. The Bertz CT molecular complexity index is 608. The molecule has 1 aromatic heterocycles. The molecule has 20 heavy (non-hydrogen) atoms. The van der Waals surface area contributed by atoms with Gasteiger partial charge in [-0.05, 0) is 18.6 Å². The first-order valence-corrected chi connectivity index (χ1v) is 6.06. The van der Waals surface area contributed by atoms with Crippen molar-refractivity contribution in [3.05, 3.63) is 53.3 Å². The molecule has 2 N–H and O–H groups in total. The number of nitrogens with one attached hydrogen (secondary N) is 2. The van der Waals surface area contributed by atoms with E-state index in [0.29, 0.717) is 5.56 Å². The Labute approximate surface area is 116 Å². The number of carbonyl (C=O) groups is 2. The summed E-state index contributed by atoms with van der Waals surface area (Å²) in [4.78, 5) is 23.9. The van der Waals surface area contributed by atoms with Crippen LogP contribution in [-0.2, 0) is 9.53 Å². The third-order valence-corrected chi connectivity index (χ3v) is 2.83. The van der Waals surface area contributed by atoms with Gasteiger partial charge in [-0.25, -0.2) is 4.79 Å². The molecule has 1 aromatic carbocycles. The molecular weight excluding hydrogens is 258 g/mol. The van der Waals surface area contributed by atoms with Crippen LogP contribution in [0.25, 0.3) is 0 Å². The Morgan fingerprint density at radius 3 is 2.75 bits per heavy atom. The molecule has 0 bridgehead atoms. The highest BCUT2D eigenvalue weighted by Crippen LogP contribution is 2.16. The summed E-state index contributed by atoms with van der Waals surface area (Å²) in [5.41, 5.74) is 1.95. The van der Waals surface area contributed by atoms with E-state index in [4.69, 9.17) is 4.74 Å². The molecule has 2 rings (SSSR count). The van der Waals surface area contributed by atoms with E-state index in [9.17, 15) is 9.59 Å². The minimum absolute atomic E-state index is 0.284. The Hall–Kier alpha value is -2.63. The molecule has 0 radical (unpaired) electrons. The van der Waals surface area contributed by atoms with Crippen molar-refractivity contribution < 1.29 is 14.3 Å². The van der Waals surface area contributed by atoms with Gasteiger partial charge in [-0.3, -0.25) is 9.89 Å². The first-order chi connectivity index (χ1) is 9.61. The summed E-state index contributed by atoms with van der Waals surface area (Å²) < 4.78 is 4.75. The Morgan fingerprint density at radius 2 is 2.15 bits per heavy atom. The van der Waals surface area contributed by atoms with Crippen molar-refractivity contribution in [1.29, 1.82) is 0 Å². The fraction of sp³-hybridized carbons (Fsp3) is 0.214. The molecule has 0 saturated heterocycles. The van der Waals surface area contributed by atoms with Gasteiger partial charge < -0.3 is 10.1 Å². The normalized spacial score (nSPS) is 11.7. The average molecular weight is 273 g/mol.